The Labute approximate surface area is 84.4 Å². The monoisotopic (exact) mass is 198 g/mol. The zero-order chi connectivity index (χ0) is 10.0. The van der Waals surface area contributed by atoms with Crippen LogP contribution < -0.4 is 10.9 Å². The van der Waals surface area contributed by atoms with Gasteiger partial charge in [0.2, 0.25) is 5.91 Å². The highest BCUT2D eigenvalue weighted by molar-refractivity contribution is 5.85. The van der Waals surface area contributed by atoms with Gasteiger partial charge in [0, 0.05) is 20.3 Å². The predicted molar refractivity (Wildman–Crippen MR) is 52.4 cm³/mol. The number of hydrogen-bond acceptors (Lipinski definition) is 3. The largest absolute Gasteiger partial charge is 0.381 e. The molecule has 0 aromatic rings. The fraction of sp³-hybridized carbons (Fsp3) is 0.900. The molecule has 80 valence electrons. The molecule has 1 saturated heterocycles. The molecule has 0 unspecified atom stereocenters. The van der Waals surface area contributed by atoms with Gasteiger partial charge in [0.15, 0.2) is 0 Å². The third-order valence-electron chi connectivity index (χ3n) is 3.48. The molecular formula is C10H18N2O2. The van der Waals surface area contributed by atoms with Gasteiger partial charge in [0.05, 0.1) is 5.41 Å². The van der Waals surface area contributed by atoms with E-state index in [1.54, 1.807) is 7.05 Å². The first-order chi connectivity index (χ1) is 6.79. The van der Waals surface area contributed by atoms with Gasteiger partial charge in [0.25, 0.3) is 0 Å². The van der Waals surface area contributed by atoms with Crippen molar-refractivity contribution in [3.05, 3.63) is 0 Å². The van der Waals surface area contributed by atoms with Gasteiger partial charge in [-0.05, 0) is 31.6 Å². The van der Waals surface area contributed by atoms with E-state index in [9.17, 15) is 4.79 Å². The summed E-state index contributed by atoms with van der Waals surface area (Å²) < 4.78 is 5.32. The molecule has 2 N–H and O–H groups in total. The maximum atomic E-state index is 11.8. The van der Waals surface area contributed by atoms with Crippen LogP contribution >= 0.6 is 0 Å². The molecule has 1 aliphatic heterocycles. The Morgan fingerprint density at radius 2 is 2.00 bits per heavy atom. The molecule has 0 radical (unpaired) electrons. The number of carbonyl (C=O) groups excluding carboxylic acids is 1. The van der Waals surface area contributed by atoms with Crippen LogP contribution in [-0.2, 0) is 9.53 Å². The van der Waals surface area contributed by atoms with Crippen molar-refractivity contribution in [3.8, 4) is 0 Å². The SMILES string of the molecule is CNNC(=O)C1(C2CCOCC2)CC1. The summed E-state index contributed by atoms with van der Waals surface area (Å²) in [6, 6.07) is 0. The Kier molecular flexibility index (Phi) is 2.74. The maximum absolute atomic E-state index is 11.8. The molecule has 1 amide bonds. The van der Waals surface area contributed by atoms with Crippen molar-refractivity contribution < 1.29 is 9.53 Å². The third kappa shape index (κ3) is 1.64. The molecule has 4 nitrogen and oxygen atoms in total. The molecule has 1 aliphatic carbocycles. The van der Waals surface area contributed by atoms with E-state index in [-0.39, 0.29) is 11.3 Å². The molecule has 2 fully saturated rings. The van der Waals surface area contributed by atoms with Crippen LogP contribution in [-0.4, -0.2) is 26.2 Å². The third-order valence-corrected chi connectivity index (χ3v) is 3.48. The first kappa shape index (κ1) is 9.93. The molecule has 0 bridgehead atoms. The lowest BCUT2D eigenvalue weighted by molar-refractivity contribution is -0.130. The summed E-state index contributed by atoms with van der Waals surface area (Å²) in [6.45, 7) is 1.64. The Balaban J connectivity index is 1.96. The minimum absolute atomic E-state index is 0.0627. The second-order valence-corrected chi connectivity index (χ2v) is 4.25. The van der Waals surface area contributed by atoms with Crippen LogP contribution in [0.5, 0.6) is 0 Å². The normalized spacial score (nSPS) is 25.8. The second-order valence-electron chi connectivity index (χ2n) is 4.25. The average molecular weight is 198 g/mol. The first-order valence-electron chi connectivity index (χ1n) is 5.34. The molecule has 1 heterocycles. The van der Waals surface area contributed by atoms with Crippen molar-refractivity contribution in [2.75, 3.05) is 20.3 Å². The van der Waals surface area contributed by atoms with Crippen molar-refractivity contribution in [2.24, 2.45) is 11.3 Å². The Bertz CT molecular complexity index is 220. The summed E-state index contributed by atoms with van der Waals surface area (Å²) in [5.74, 6) is 0.705. The van der Waals surface area contributed by atoms with Gasteiger partial charge in [-0.3, -0.25) is 10.2 Å². The molecule has 2 aliphatic rings. The standard InChI is InChI=1S/C10H18N2O2/c1-11-12-9(13)10(4-5-10)8-2-6-14-7-3-8/h8,11H,2-7H2,1H3,(H,12,13). The Morgan fingerprint density at radius 3 is 2.50 bits per heavy atom. The van der Waals surface area contributed by atoms with E-state index in [1.165, 1.54) is 0 Å². The zero-order valence-corrected chi connectivity index (χ0v) is 8.64. The van der Waals surface area contributed by atoms with E-state index in [0.29, 0.717) is 5.92 Å². The number of carbonyl (C=O) groups is 1. The summed E-state index contributed by atoms with van der Waals surface area (Å²) in [7, 11) is 1.73. The van der Waals surface area contributed by atoms with Gasteiger partial charge >= 0.3 is 0 Å². The topological polar surface area (TPSA) is 50.4 Å². The molecule has 0 aromatic carbocycles. The van der Waals surface area contributed by atoms with Gasteiger partial charge in [-0.25, -0.2) is 5.43 Å². The average Bonchev–Trinajstić information content (AvgIpc) is 3.00. The van der Waals surface area contributed by atoms with Crippen LogP contribution in [0.3, 0.4) is 0 Å². The highest BCUT2D eigenvalue weighted by Crippen LogP contribution is 2.55. The highest BCUT2D eigenvalue weighted by atomic mass is 16.5. The molecule has 2 rings (SSSR count). The van der Waals surface area contributed by atoms with Gasteiger partial charge < -0.3 is 4.74 Å². The van der Waals surface area contributed by atoms with Crippen LogP contribution in [0.1, 0.15) is 25.7 Å². The van der Waals surface area contributed by atoms with Crippen molar-refractivity contribution >= 4 is 5.91 Å². The minimum atomic E-state index is -0.0627. The maximum Gasteiger partial charge on any atom is 0.240 e. The Hall–Kier alpha value is -0.610. The quantitative estimate of drug-likeness (QED) is 0.647. The number of nitrogens with one attached hydrogen (secondary N) is 2. The molecule has 0 spiro atoms. The second kappa shape index (κ2) is 3.87. The molecule has 0 atom stereocenters. The highest BCUT2D eigenvalue weighted by Gasteiger charge is 2.55. The predicted octanol–water partition coefficient (Wildman–Crippen LogP) is 0.444. The van der Waals surface area contributed by atoms with E-state index in [4.69, 9.17) is 4.74 Å². The van der Waals surface area contributed by atoms with Crippen LogP contribution in [0.2, 0.25) is 0 Å². The van der Waals surface area contributed by atoms with Gasteiger partial charge in [-0.15, -0.1) is 0 Å². The van der Waals surface area contributed by atoms with E-state index >= 15 is 0 Å². The number of hydrogen-bond donors (Lipinski definition) is 2. The molecule has 1 saturated carbocycles. The van der Waals surface area contributed by atoms with Gasteiger partial charge in [0.1, 0.15) is 0 Å². The van der Waals surface area contributed by atoms with E-state index < -0.39 is 0 Å². The van der Waals surface area contributed by atoms with E-state index in [1.807, 2.05) is 0 Å². The van der Waals surface area contributed by atoms with Crippen molar-refractivity contribution in [1.29, 1.82) is 0 Å². The number of hydrazine groups is 1. The molecule has 0 aromatic heterocycles. The minimum Gasteiger partial charge on any atom is -0.381 e. The molecule has 4 heteroatoms. The molecular weight excluding hydrogens is 180 g/mol. The first-order valence-corrected chi connectivity index (χ1v) is 5.34. The van der Waals surface area contributed by atoms with Gasteiger partial charge in [-0.2, -0.15) is 0 Å². The lowest BCUT2D eigenvalue weighted by atomic mass is 9.82. The summed E-state index contributed by atoms with van der Waals surface area (Å²) in [5.41, 5.74) is 5.38. The van der Waals surface area contributed by atoms with Crippen LogP contribution in [0.4, 0.5) is 0 Å². The van der Waals surface area contributed by atoms with Crippen molar-refractivity contribution in [1.82, 2.24) is 10.9 Å². The van der Waals surface area contributed by atoms with Crippen LogP contribution in [0.15, 0.2) is 0 Å². The lowest BCUT2D eigenvalue weighted by Gasteiger charge is -2.29. The van der Waals surface area contributed by atoms with Crippen LogP contribution in [0.25, 0.3) is 0 Å². The number of amides is 1. The fourth-order valence-electron chi connectivity index (χ4n) is 2.44. The zero-order valence-electron chi connectivity index (χ0n) is 8.64. The number of rotatable bonds is 3. The number of ether oxygens (including phenoxy) is 1. The smallest absolute Gasteiger partial charge is 0.240 e. The summed E-state index contributed by atoms with van der Waals surface area (Å²) in [5, 5.41) is 0. The van der Waals surface area contributed by atoms with Crippen molar-refractivity contribution in [2.45, 2.75) is 25.7 Å². The Morgan fingerprint density at radius 1 is 1.36 bits per heavy atom. The summed E-state index contributed by atoms with van der Waals surface area (Å²) in [6.07, 6.45) is 4.17. The van der Waals surface area contributed by atoms with Gasteiger partial charge in [-0.1, -0.05) is 0 Å². The van der Waals surface area contributed by atoms with E-state index in [2.05, 4.69) is 10.9 Å². The molecule has 14 heavy (non-hydrogen) atoms. The summed E-state index contributed by atoms with van der Waals surface area (Å²) in [4.78, 5) is 11.8. The summed E-state index contributed by atoms with van der Waals surface area (Å²) >= 11 is 0. The van der Waals surface area contributed by atoms with Crippen LogP contribution in [0, 0.1) is 11.3 Å². The van der Waals surface area contributed by atoms with Crippen molar-refractivity contribution in [3.63, 3.8) is 0 Å². The van der Waals surface area contributed by atoms with E-state index in [0.717, 1.165) is 38.9 Å². The lowest BCUT2D eigenvalue weighted by Crippen LogP contribution is -2.43. The fourth-order valence-corrected chi connectivity index (χ4v) is 2.44.